The average Bonchev–Trinajstić information content (AvgIpc) is 2.99. The lowest BCUT2D eigenvalue weighted by atomic mass is 9.84. The molecule has 2 bridgehead atoms. The summed E-state index contributed by atoms with van der Waals surface area (Å²) in [5, 5.41) is 2.91. The van der Waals surface area contributed by atoms with E-state index in [0.717, 1.165) is 24.1 Å². The Morgan fingerprint density at radius 3 is 2.45 bits per heavy atom. The Balaban J connectivity index is 1.66. The summed E-state index contributed by atoms with van der Waals surface area (Å²) < 4.78 is 26.3. The number of fused-ring (bicyclic) bond motifs is 2. The van der Waals surface area contributed by atoms with Crippen molar-refractivity contribution in [3.05, 3.63) is 35.4 Å². The Morgan fingerprint density at radius 2 is 1.90 bits per heavy atom. The zero-order chi connectivity index (χ0) is 14.3. The molecule has 0 aromatic heterocycles. The molecule has 1 N–H and O–H groups in total. The van der Waals surface area contributed by atoms with Gasteiger partial charge in [0.25, 0.3) is 5.91 Å². The quantitative estimate of drug-likeness (QED) is 0.901. The molecule has 0 saturated heterocycles. The van der Waals surface area contributed by atoms with Crippen LogP contribution in [0.1, 0.15) is 43.0 Å². The molecule has 2 nitrogen and oxygen atoms in total. The first-order chi connectivity index (χ1) is 9.52. The maximum atomic E-state index is 13.1. The predicted octanol–water partition coefficient (Wildman–Crippen LogP) is 3.52. The number of benzene rings is 1. The lowest BCUT2D eigenvalue weighted by molar-refractivity contribution is 0.0914. The van der Waals surface area contributed by atoms with Crippen molar-refractivity contribution >= 4 is 5.91 Å². The van der Waals surface area contributed by atoms with Crippen LogP contribution in [0.25, 0.3) is 0 Å². The molecule has 4 heteroatoms. The predicted molar refractivity (Wildman–Crippen MR) is 72.2 cm³/mol. The summed E-state index contributed by atoms with van der Waals surface area (Å²) >= 11 is 0. The molecule has 20 heavy (non-hydrogen) atoms. The van der Waals surface area contributed by atoms with Crippen molar-refractivity contribution in [2.75, 3.05) is 0 Å². The van der Waals surface area contributed by atoms with Crippen molar-refractivity contribution in [1.29, 1.82) is 0 Å². The van der Waals surface area contributed by atoms with E-state index < -0.39 is 17.5 Å². The van der Waals surface area contributed by atoms with E-state index in [0.29, 0.717) is 11.8 Å². The van der Waals surface area contributed by atoms with Crippen LogP contribution < -0.4 is 5.32 Å². The van der Waals surface area contributed by atoms with Crippen LogP contribution in [0.2, 0.25) is 0 Å². The monoisotopic (exact) mass is 279 g/mol. The summed E-state index contributed by atoms with van der Waals surface area (Å²) in [4.78, 5) is 12.1. The van der Waals surface area contributed by atoms with Crippen molar-refractivity contribution in [3.8, 4) is 0 Å². The van der Waals surface area contributed by atoms with Gasteiger partial charge >= 0.3 is 0 Å². The third kappa shape index (κ3) is 2.56. The third-order valence-electron chi connectivity index (χ3n) is 4.92. The van der Waals surface area contributed by atoms with Gasteiger partial charge in [0.2, 0.25) is 0 Å². The topological polar surface area (TPSA) is 29.1 Å². The highest BCUT2D eigenvalue weighted by Crippen LogP contribution is 2.49. The fourth-order valence-corrected chi connectivity index (χ4v) is 3.99. The SMILES string of the molecule is C[C@H](NC(=O)c1cc(F)cc(F)c1)[C@@H]1C[C@@H]2CC[C@@H]1C2. The fraction of sp³-hybridized carbons (Fsp3) is 0.562. The van der Waals surface area contributed by atoms with Crippen molar-refractivity contribution in [2.24, 2.45) is 17.8 Å². The molecule has 4 atom stereocenters. The number of hydrogen-bond donors (Lipinski definition) is 1. The van der Waals surface area contributed by atoms with Gasteiger partial charge in [-0.1, -0.05) is 6.42 Å². The van der Waals surface area contributed by atoms with Gasteiger partial charge < -0.3 is 5.32 Å². The fourth-order valence-electron chi connectivity index (χ4n) is 3.99. The summed E-state index contributed by atoms with van der Waals surface area (Å²) in [7, 11) is 0. The van der Waals surface area contributed by atoms with Crippen molar-refractivity contribution in [3.63, 3.8) is 0 Å². The number of carbonyl (C=O) groups excluding carboxylic acids is 1. The highest BCUT2D eigenvalue weighted by molar-refractivity contribution is 5.94. The van der Waals surface area contributed by atoms with E-state index in [9.17, 15) is 13.6 Å². The van der Waals surface area contributed by atoms with Gasteiger partial charge in [0, 0.05) is 17.7 Å². The molecule has 0 unspecified atom stereocenters. The Morgan fingerprint density at radius 1 is 1.20 bits per heavy atom. The van der Waals surface area contributed by atoms with Crippen LogP contribution in [0.3, 0.4) is 0 Å². The van der Waals surface area contributed by atoms with E-state index in [1.807, 2.05) is 6.92 Å². The first-order valence-electron chi connectivity index (χ1n) is 7.30. The second-order valence-electron chi connectivity index (χ2n) is 6.26. The van der Waals surface area contributed by atoms with Gasteiger partial charge in [-0.05, 0) is 56.1 Å². The van der Waals surface area contributed by atoms with Gasteiger partial charge in [-0.2, -0.15) is 0 Å². The average molecular weight is 279 g/mol. The van der Waals surface area contributed by atoms with Gasteiger partial charge in [0.15, 0.2) is 0 Å². The van der Waals surface area contributed by atoms with E-state index in [1.165, 1.54) is 25.7 Å². The highest BCUT2D eigenvalue weighted by atomic mass is 19.1. The van der Waals surface area contributed by atoms with Crippen molar-refractivity contribution in [2.45, 2.75) is 38.6 Å². The van der Waals surface area contributed by atoms with E-state index in [-0.39, 0.29) is 11.6 Å². The first kappa shape index (κ1) is 13.5. The Bertz CT molecular complexity index is 511. The summed E-state index contributed by atoms with van der Waals surface area (Å²) in [6.45, 7) is 2.00. The zero-order valence-electron chi connectivity index (χ0n) is 11.5. The molecule has 2 saturated carbocycles. The molecular weight excluding hydrogens is 260 g/mol. The molecule has 1 aromatic carbocycles. The smallest absolute Gasteiger partial charge is 0.251 e. The zero-order valence-corrected chi connectivity index (χ0v) is 11.5. The Hall–Kier alpha value is -1.45. The third-order valence-corrected chi connectivity index (χ3v) is 4.92. The van der Waals surface area contributed by atoms with Gasteiger partial charge in [0.05, 0.1) is 0 Å². The largest absolute Gasteiger partial charge is 0.349 e. The van der Waals surface area contributed by atoms with E-state index >= 15 is 0 Å². The van der Waals surface area contributed by atoms with E-state index in [1.54, 1.807) is 0 Å². The standard InChI is InChI=1S/C16H19F2NO/c1-9(15-5-10-2-3-11(15)4-10)19-16(20)12-6-13(17)8-14(18)7-12/h6-11,15H,2-5H2,1H3,(H,19,20)/t9-,10+,11+,15-/m0/s1. The number of carbonyl (C=O) groups is 1. The van der Waals surface area contributed by atoms with Gasteiger partial charge in [-0.3, -0.25) is 4.79 Å². The van der Waals surface area contributed by atoms with Crippen LogP contribution >= 0.6 is 0 Å². The van der Waals surface area contributed by atoms with Crippen LogP contribution in [-0.2, 0) is 0 Å². The molecule has 0 aliphatic heterocycles. The Labute approximate surface area is 117 Å². The summed E-state index contributed by atoms with van der Waals surface area (Å²) in [5.74, 6) is 0.204. The second kappa shape index (κ2) is 5.15. The molecule has 2 aliphatic carbocycles. The molecule has 108 valence electrons. The normalized spacial score (nSPS) is 29.4. The molecule has 3 rings (SSSR count). The summed E-state index contributed by atoms with van der Waals surface area (Å²) in [6.07, 6.45) is 5.02. The van der Waals surface area contributed by atoms with Crippen LogP contribution in [0.4, 0.5) is 8.78 Å². The molecule has 2 fully saturated rings. The number of halogens is 2. The number of rotatable bonds is 3. The van der Waals surface area contributed by atoms with Crippen LogP contribution in [0.5, 0.6) is 0 Å². The van der Waals surface area contributed by atoms with Crippen LogP contribution in [-0.4, -0.2) is 11.9 Å². The van der Waals surface area contributed by atoms with E-state index in [2.05, 4.69) is 5.32 Å². The number of nitrogens with one attached hydrogen (secondary N) is 1. The number of amides is 1. The molecule has 0 radical (unpaired) electrons. The van der Waals surface area contributed by atoms with Crippen molar-refractivity contribution in [1.82, 2.24) is 5.32 Å². The summed E-state index contributed by atoms with van der Waals surface area (Å²) in [5.41, 5.74) is 0.0532. The maximum Gasteiger partial charge on any atom is 0.251 e. The number of hydrogen-bond acceptors (Lipinski definition) is 1. The molecular formula is C16H19F2NO. The lowest BCUT2D eigenvalue weighted by Crippen LogP contribution is -2.40. The molecule has 2 aliphatic rings. The maximum absolute atomic E-state index is 13.1. The summed E-state index contributed by atoms with van der Waals surface area (Å²) in [6, 6.07) is 2.98. The van der Waals surface area contributed by atoms with Crippen LogP contribution in [0, 0.1) is 29.4 Å². The minimum Gasteiger partial charge on any atom is -0.349 e. The van der Waals surface area contributed by atoms with Crippen LogP contribution in [0.15, 0.2) is 18.2 Å². The van der Waals surface area contributed by atoms with Gasteiger partial charge in [0.1, 0.15) is 11.6 Å². The minimum atomic E-state index is -0.720. The highest BCUT2D eigenvalue weighted by Gasteiger charge is 2.42. The molecule has 1 amide bonds. The minimum absolute atomic E-state index is 0.0532. The molecule has 0 spiro atoms. The lowest BCUT2D eigenvalue weighted by Gasteiger charge is -2.28. The second-order valence-corrected chi connectivity index (χ2v) is 6.26. The van der Waals surface area contributed by atoms with Crippen molar-refractivity contribution < 1.29 is 13.6 Å². The van der Waals surface area contributed by atoms with Gasteiger partial charge in [-0.25, -0.2) is 8.78 Å². The first-order valence-corrected chi connectivity index (χ1v) is 7.30. The molecule has 0 heterocycles. The van der Waals surface area contributed by atoms with E-state index in [4.69, 9.17) is 0 Å². The van der Waals surface area contributed by atoms with Gasteiger partial charge in [-0.15, -0.1) is 0 Å². The molecule has 1 aromatic rings. The Kier molecular flexibility index (Phi) is 3.48.